The summed E-state index contributed by atoms with van der Waals surface area (Å²) in [6.07, 6.45) is 0.952. The molecule has 0 bridgehead atoms. The maximum atomic E-state index is 12.6. The van der Waals surface area contributed by atoms with E-state index in [1.165, 1.54) is 0 Å². The topological polar surface area (TPSA) is 108 Å². The molecule has 1 fully saturated rings. The third kappa shape index (κ3) is 5.87. The van der Waals surface area contributed by atoms with Crippen molar-refractivity contribution in [1.82, 2.24) is 14.9 Å². The lowest BCUT2D eigenvalue weighted by molar-refractivity contribution is -0.133. The van der Waals surface area contributed by atoms with E-state index in [-0.39, 0.29) is 31.7 Å². The Bertz CT molecular complexity index is 940. The second kappa shape index (κ2) is 11.0. The Morgan fingerprint density at radius 1 is 1.18 bits per heavy atom. The molecule has 9 nitrogen and oxygen atoms in total. The number of anilines is 1. The number of hydrogen-bond donors (Lipinski definition) is 2. The second-order valence-corrected chi connectivity index (χ2v) is 9.37. The minimum Gasteiger partial charge on any atom is -0.484 e. The molecule has 1 aromatic heterocycles. The standard InChI is InChI=1S/C23H30N4O5S/c1-2-18-12-19-21(24-23(25-22(19)33-18)32-14-16(29)13-28)27-10-8-26(9-11-27)20(30)15-31-17-6-4-3-5-7-17/h3-7,16,18,28-29H,2,8-15H2,1H3/t16-,18?/m1/s1. The number of carbonyl (C=O) groups is 1. The smallest absolute Gasteiger partial charge is 0.319 e. The number of ether oxygens (including phenoxy) is 2. The number of aliphatic hydroxyl groups is 2. The third-order valence-corrected chi connectivity index (χ3v) is 7.14. The highest BCUT2D eigenvalue weighted by atomic mass is 32.2. The lowest BCUT2D eigenvalue weighted by atomic mass is 10.1. The van der Waals surface area contributed by atoms with E-state index < -0.39 is 6.10 Å². The van der Waals surface area contributed by atoms with Crippen LogP contribution in [0.2, 0.25) is 0 Å². The van der Waals surface area contributed by atoms with Crippen LogP contribution in [0.25, 0.3) is 0 Å². The van der Waals surface area contributed by atoms with Crippen LogP contribution in [-0.4, -0.2) is 88.3 Å². The van der Waals surface area contributed by atoms with Crippen molar-refractivity contribution in [3.05, 3.63) is 35.9 Å². The van der Waals surface area contributed by atoms with Crippen molar-refractivity contribution in [2.45, 2.75) is 36.1 Å². The number of para-hydroxylation sites is 1. The summed E-state index contributed by atoms with van der Waals surface area (Å²) < 4.78 is 11.2. The quantitative estimate of drug-likeness (QED) is 0.521. The predicted octanol–water partition coefficient (Wildman–Crippen LogP) is 1.36. The average Bonchev–Trinajstić information content (AvgIpc) is 3.29. The maximum Gasteiger partial charge on any atom is 0.319 e. The van der Waals surface area contributed by atoms with Gasteiger partial charge in [0.25, 0.3) is 5.91 Å². The molecule has 0 saturated carbocycles. The molecule has 0 spiro atoms. The van der Waals surface area contributed by atoms with Crippen LogP contribution in [0.4, 0.5) is 5.82 Å². The Morgan fingerprint density at radius 2 is 1.94 bits per heavy atom. The number of hydrogen-bond acceptors (Lipinski definition) is 9. The number of thioether (sulfide) groups is 1. The van der Waals surface area contributed by atoms with Gasteiger partial charge in [0.15, 0.2) is 6.61 Å². The zero-order valence-electron chi connectivity index (χ0n) is 18.7. The summed E-state index contributed by atoms with van der Waals surface area (Å²) in [5.74, 6) is 1.49. The van der Waals surface area contributed by atoms with Gasteiger partial charge in [-0.1, -0.05) is 25.1 Å². The van der Waals surface area contributed by atoms with Crippen LogP contribution in [0, 0.1) is 0 Å². The van der Waals surface area contributed by atoms with Gasteiger partial charge < -0.3 is 29.5 Å². The Morgan fingerprint density at radius 3 is 2.64 bits per heavy atom. The third-order valence-electron chi connectivity index (χ3n) is 5.75. The van der Waals surface area contributed by atoms with Gasteiger partial charge in [-0.15, -0.1) is 11.8 Å². The van der Waals surface area contributed by atoms with Gasteiger partial charge in [-0.25, -0.2) is 0 Å². The molecular weight excluding hydrogens is 444 g/mol. The van der Waals surface area contributed by atoms with E-state index in [0.29, 0.717) is 37.2 Å². The van der Waals surface area contributed by atoms with Crippen LogP contribution in [0.15, 0.2) is 35.4 Å². The SMILES string of the molecule is CCC1Cc2c(nc(OC[C@H](O)CO)nc2N2CCN(C(=O)COc3ccccc3)CC2)S1. The zero-order valence-corrected chi connectivity index (χ0v) is 19.5. The molecule has 3 heterocycles. The normalized spacial score (nSPS) is 18.7. The highest BCUT2D eigenvalue weighted by molar-refractivity contribution is 8.00. The molecular formula is C23H30N4O5S. The van der Waals surface area contributed by atoms with Crippen LogP contribution >= 0.6 is 11.8 Å². The first-order valence-corrected chi connectivity index (χ1v) is 12.1. The Kier molecular flexibility index (Phi) is 7.89. The van der Waals surface area contributed by atoms with E-state index in [4.69, 9.17) is 14.6 Å². The Hall–Kier alpha value is -2.56. The van der Waals surface area contributed by atoms with Crippen LogP contribution in [0.5, 0.6) is 11.8 Å². The lowest BCUT2D eigenvalue weighted by Crippen LogP contribution is -2.50. The first-order valence-electron chi connectivity index (χ1n) is 11.3. The number of rotatable bonds is 9. The van der Waals surface area contributed by atoms with Gasteiger partial charge in [-0.05, 0) is 25.0 Å². The number of piperazine rings is 1. The molecule has 1 saturated heterocycles. The molecule has 0 aliphatic carbocycles. The first-order chi connectivity index (χ1) is 16.1. The molecule has 10 heteroatoms. The number of nitrogens with zero attached hydrogens (tertiary/aromatic N) is 4. The Labute approximate surface area is 197 Å². The Balaban J connectivity index is 1.40. The summed E-state index contributed by atoms with van der Waals surface area (Å²) in [4.78, 5) is 25.8. The van der Waals surface area contributed by atoms with Crippen LogP contribution < -0.4 is 14.4 Å². The highest BCUT2D eigenvalue weighted by Gasteiger charge is 2.31. The highest BCUT2D eigenvalue weighted by Crippen LogP contribution is 2.42. The zero-order chi connectivity index (χ0) is 23.2. The number of aliphatic hydroxyl groups excluding tert-OH is 2. The number of amides is 1. The van der Waals surface area contributed by atoms with E-state index in [1.54, 1.807) is 11.8 Å². The van der Waals surface area contributed by atoms with Crippen molar-refractivity contribution >= 4 is 23.5 Å². The van der Waals surface area contributed by atoms with Gasteiger partial charge in [0.05, 0.1) is 6.61 Å². The van der Waals surface area contributed by atoms with Crippen molar-refractivity contribution in [2.24, 2.45) is 0 Å². The van der Waals surface area contributed by atoms with Gasteiger partial charge in [0, 0.05) is 37.0 Å². The summed E-state index contributed by atoms with van der Waals surface area (Å²) in [5.41, 5.74) is 1.12. The molecule has 4 rings (SSSR count). The molecule has 1 unspecified atom stereocenters. The van der Waals surface area contributed by atoms with Crippen molar-refractivity contribution in [3.8, 4) is 11.8 Å². The molecule has 2 atom stereocenters. The number of carbonyl (C=O) groups excluding carboxylic acids is 1. The largest absolute Gasteiger partial charge is 0.484 e. The van der Waals surface area contributed by atoms with Gasteiger partial charge in [-0.2, -0.15) is 9.97 Å². The van der Waals surface area contributed by atoms with Crippen LogP contribution in [-0.2, 0) is 11.2 Å². The van der Waals surface area contributed by atoms with Gasteiger partial charge >= 0.3 is 6.01 Å². The first kappa shape index (κ1) is 23.6. The van der Waals surface area contributed by atoms with Gasteiger partial charge in [-0.3, -0.25) is 4.79 Å². The molecule has 1 amide bonds. The minimum absolute atomic E-state index is 0.0207. The summed E-state index contributed by atoms with van der Waals surface area (Å²) >= 11 is 1.73. The molecule has 2 N–H and O–H groups in total. The van der Waals surface area contributed by atoms with Crippen molar-refractivity contribution in [1.29, 1.82) is 0 Å². The minimum atomic E-state index is -0.978. The van der Waals surface area contributed by atoms with Crippen LogP contribution in [0.1, 0.15) is 18.9 Å². The summed E-state index contributed by atoms with van der Waals surface area (Å²) in [7, 11) is 0. The number of benzene rings is 1. The molecule has 1 aromatic carbocycles. The summed E-state index contributed by atoms with van der Waals surface area (Å²) in [6.45, 7) is 4.20. The molecule has 0 radical (unpaired) electrons. The van der Waals surface area contributed by atoms with Gasteiger partial charge in [0.2, 0.25) is 0 Å². The van der Waals surface area contributed by atoms with Crippen molar-refractivity contribution in [2.75, 3.05) is 50.9 Å². The van der Waals surface area contributed by atoms with E-state index in [1.807, 2.05) is 35.2 Å². The monoisotopic (exact) mass is 474 g/mol. The van der Waals surface area contributed by atoms with E-state index in [2.05, 4.69) is 21.8 Å². The molecule has 178 valence electrons. The second-order valence-electron chi connectivity index (χ2n) is 8.08. The van der Waals surface area contributed by atoms with Crippen molar-refractivity contribution < 1.29 is 24.5 Å². The van der Waals surface area contributed by atoms with Gasteiger partial charge in [0.1, 0.15) is 29.3 Å². The fourth-order valence-corrected chi connectivity index (χ4v) is 5.01. The molecule has 2 aliphatic heterocycles. The van der Waals surface area contributed by atoms with Crippen LogP contribution in [0.3, 0.4) is 0 Å². The molecule has 2 aromatic rings. The summed E-state index contributed by atoms with van der Waals surface area (Å²) in [6, 6.07) is 9.54. The molecule has 33 heavy (non-hydrogen) atoms. The van der Waals surface area contributed by atoms with E-state index >= 15 is 0 Å². The number of aromatic nitrogens is 2. The lowest BCUT2D eigenvalue weighted by Gasteiger charge is -2.36. The van der Waals surface area contributed by atoms with E-state index in [0.717, 1.165) is 29.2 Å². The summed E-state index contributed by atoms with van der Waals surface area (Å²) in [5, 5.41) is 20.0. The maximum absolute atomic E-state index is 12.6. The number of fused-ring (bicyclic) bond motifs is 1. The predicted molar refractivity (Wildman–Crippen MR) is 125 cm³/mol. The average molecular weight is 475 g/mol. The van der Waals surface area contributed by atoms with E-state index in [9.17, 15) is 9.90 Å². The fourth-order valence-electron chi connectivity index (χ4n) is 3.83. The molecule has 2 aliphatic rings. The van der Waals surface area contributed by atoms with Crippen molar-refractivity contribution in [3.63, 3.8) is 0 Å². The fraction of sp³-hybridized carbons (Fsp3) is 0.522.